The third kappa shape index (κ3) is 4.03. The largest absolute Gasteiger partial charge is 0.472 e. The predicted octanol–water partition coefficient (Wildman–Crippen LogP) is 3.90. The summed E-state index contributed by atoms with van der Waals surface area (Å²) in [6.07, 6.45) is -0.398. The average Bonchev–Trinajstić information content (AvgIpc) is 3.70. The number of furan rings is 1. The molecule has 1 aromatic heterocycles. The van der Waals surface area contributed by atoms with Crippen molar-refractivity contribution in [1.82, 2.24) is 0 Å². The fourth-order valence-electron chi connectivity index (χ4n) is 9.87. The molecule has 11 heteroatoms. The Hall–Kier alpha value is -3.77. The summed E-state index contributed by atoms with van der Waals surface area (Å²) in [6.45, 7) is 11.5. The summed E-state index contributed by atoms with van der Waals surface area (Å²) in [4.78, 5) is 40.2. The maximum Gasteiger partial charge on any atom is 0.335 e. The molecule has 250 valence electrons. The number of carbonyl (C=O) groups is 3. The summed E-state index contributed by atoms with van der Waals surface area (Å²) in [7, 11) is 1.23. The zero-order valence-electron chi connectivity index (χ0n) is 27.0. The van der Waals surface area contributed by atoms with Crippen molar-refractivity contribution in [3.63, 3.8) is 0 Å². The van der Waals surface area contributed by atoms with Crippen molar-refractivity contribution in [2.45, 2.75) is 82.4 Å². The highest BCUT2D eigenvalue weighted by molar-refractivity contribution is 5.87. The number of ether oxygens (including phenoxy) is 5. The van der Waals surface area contributed by atoms with E-state index in [1.165, 1.54) is 25.7 Å². The van der Waals surface area contributed by atoms with Gasteiger partial charge in [-0.15, -0.1) is 0 Å². The van der Waals surface area contributed by atoms with E-state index < -0.39 is 87.9 Å². The van der Waals surface area contributed by atoms with Crippen molar-refractivity contribution in [1.29, 1.82) is 0 Å². The molecule has 1 aromatic carbocycles. The molecule has 5 fully saturated rings. The number of cyclic esters (lactones) is 1. The maximum atomic E-state index is 13.5. The van der Waals surface area contributed by atoms with Crippen LogP contribution in [0, 0.1) is 28.1 Å². The Balaban J connectivity index is 1.37. The monoisotopic (exact) mass is 648 g/mol. The molecule has 0 amide bonds. The lowest BCUT2D eigenvalue weighted by Gasteiger charge is -2.61. The summed E-state index contributed by atoms with van der Waals surface area (Å²) in [5, 5.41) is 25.3. The van der Waals surface area contributed by atoms with E-state index in [4.69, 9.17) is 28.1 Å². The lowest BCUT2D eigenvalue weighted by Crippen LogP contribution is -2.72. The van der Waals surface area contributed by atoms with Crippen molar-refractivity contribution in [3.8, 4) is 0 Å². The fourth-order valence-corrected chi connectivity index (χ4v) is 9.87. The first-order chi connectivity index (χ1) is 22.2. The van der Waals surface area contributed by atoms with Crippen LogP contribution in [0.4, 0.5) is 0 Å². The van der Waals surface area contributed by atoms with E-state index in [-0.39, 0.29) is 12.8 Å². The molecule has 11 atom stereocenters. The molecule has 3 aliphatic heterocycles. The second-order valence-corrected chi connectivity index (χ2v) is 14.6. The van der Waals surface area contributed by atoms with E-state index in [1.54, 1.807) is 32.9 Å². The quantitative estimate of drug-likeness (QED) is 0.210. The van der Waals surface area contributed by atoms with Crippen LogP contribution >= 0.6 is 0 Å². The number of hydrogen-bond donors (Lipinski definition) is 2. The molecule has 2 saturated carbocycles. The standard InChI is InChI=1S/C36H40O11/c1-19-22-16-33(4)28(21-14-15-43-18-21)45-24(38)17-35(19,33)47-30-25(39)29(44-23(37)13-12-20-10-8-7-9-11-20)32(2,3)27-26(31(40)42-6)46-36(22,41)34(27,30)5/h7-15,18,22,25-30,39,41H,1,16-17H2,2-6H3/b13-12+/t22-,25-,26+,27-,28-,29+,30-,33-,34+,35-,36-/m0/s1. The van der Waals surface area contributed by atoms with Crippen LogP contribution in [0.3, 0.4) is 0 Å². The summed E-state index contributed by atoms with van der Waals surface area (Å²) in [6, 6.07) is 10.9. The Bertz CT molecular complexity index is 1650. The van der Waals surface area contributed by atoms with Crippen molar-refractivity contribution in [3.05, 3.63) is 78.3 Å². The zero-order chi connectivity index (χ0) is 33.7. The molecule has 11 nitrogen and oxygen atoms in total. The average molecular weight is 649 g/mol. The second kappa shape index (κ2) is 10.4. The van der Waals surface area contributed by atoms with Gasteiger partial charge in [0.25, 0.3) is 0 Å². The predicted molar refractivity (Wildman–Crippen MR) is 164 cm³/mol. The first-order valence-electron chi connectivity index (χ1n) is 15.8. The van der Waals surface area contributed by atoms with E-state index in [1.807, 2.05) is 37.3 Å². The minimum Gasteiger partial charge on any atom is -0.472 e. The summed E-state index contributed by atoms with van der Waals surface area (Å²) < 4.78 is 36.0. The van der Waals surface area contributed by atoms with Crippen LogP contribution in [-0.2, 0) is 38.1 Å². The molecule has 4 heterocycles. The highest BCUT2D eigenvalue weighted by Gasteiger charge is 2.84. The number of fused-ring (bicyclic) bond motifs is 2. The molecular weight excluding hydrogens is 608 g/mol. The van der Waals surface area contributed by atoms with Gasteiger partial charge in [0, 0.05) is 34.3 Å². The first kappa shape index (κ1) is 31.8. The molecule has 7 rings (SSSR count). The molecule has 2 aliphatic carbocycles. The number of esters is 3. The van der Waals surface area contributed by atoms with Gasteiger partial charge in [-0.3, -0.25) is 4.79 Å². The number of carbonyl (C=O) groups excluding carboxylic acids is 3. The first-order valence-corrected chi connectivity index (χ1v) is 15.8. The van der Waals surface area contributed by atoms with Crippen LogP contribution in [-0.4, -0.2) is 71.0 Å². The van der Waals surface area contributed by atoms with Gasteiger partial charge in [0.2, 0.25) is 0 Å². The van der Waals surface area contributed by atoms with Crippen LogP contribution in [0.25, 0.3) is 6.08 Å². The Morgan fingerprint density at radius 3 is 2.47 bits per heavy atom. The summed E-state index contributed by atoms with van der Waals surface area (Å²) in [5.41, 5.74) is -3.30. The van der Waals surface area contributed by atoms with Gasteiger partial charge in [-0.2, -0.15) is 0 Å². The van der Waals surface area contributed by atoms with E-state index in [2.05, 4.69) is 6.58 Å². The van der Waals surface area contributed by atoms with Crippen LogP contribution in [0.1, 0.15) is 57.8 Å². The smallest absolute Gasteiger partial charge is 0.335 e. The summed E-state index contributed by atoms with van der Waals surface area (Å²) in [5.74, 6) is -5.85. The number of aliphatic hydroxyl groups is 2. The van der Waals surface area contributed by atoms with Crippen molar-refractivity contribution in [2.75, 3.05) is 7.11 Å². The number of hydrogen-bond acceptors (Lipinski definition) is 11. The Morgan fingerprint density at radius 2 is 1.81 bits per heavy atom. The Kier molecular flexibility index (Phi) is 7.01. The van der Waals surface area contributed by atoms with Crippen LogP contribution < -0.4 is 0 Å². The van der Waals surface area contributed by atoms with Gasteiger partial charge in [0.15, 0.2) is 11.9 Å². The van der Waals surface area contributed by atoms with Gasteiger partial charge < -0.3 is 38.3 Å². The van der Waals surface area contributed by atoms with Gasteiger partial charge in [-0.25, -0.2) is 9.59 Å². The van der Waals surface area contributed by atoms with Crippen LogP contribution in [0.5, 0.6) is 0 Å². The maximum absolute atomic E-state index is 13.5. The fraction of sp³-hybridized carbons (Fsp3) is 0.528. The van der Waals surface area contributed by atoms with Crippen LogP contribution in [0.15, 0.2) is 71.6 Å². The SMILES string of the molecule is C=C1[C@@H]2C[C@@]3(C)[C@H](c4ccoc4)OC(=O)C[C@]13O[C@H]1[C@@H](O)[C@@H](OC(=O)/C=C/c3ccccc3)C(C)(C)[C@@H]3[C@H](C(=O)OC)O[C@]2(O)[C@@]13C. The number of aliphatic hydroxyl groups excluding tert-OH is 1. The minimum atomic E-state index is -2.12. The third-order valence-electron chi connectivity index (χ3n) is 12.0. The topological polar surface area (TPSA) is 151 Å². The lowest BCUT2D eigenvalue weighted by atomic mass is 9.49. The zero-order valence-corrected chi connectivity index (χ0v) is 27.0. The Labute approximate surface area is 272 Å². The summed E-state index contributed by atoms with van der Waals surface area (Å²) >= 11 is 0. The highest BCUT2D eigenvalue weighted by Crippen LogP contribution is 2.76. The second-order valence-electron chi connectivity index (χ2n) is 14.6. The number of methoxy groups -OCH3 is 1. The van der Waals surface area contributed by atoms with E-state index >= 15 is 0 Å². The highest BCUT2D eigenvalue weighted by atomic mass is 16.7. The molecular formula is C36H40O11. The molecule has 1 spiro atoms. The third-order valence-corrected chi connectivity index (χ3v) is 12.0. The number of rotatable bonds is 5. The Morgan fingerprint density at radius 1 is 1.09 bits per heavy atom. The number of benzene rings is 1. The minimum absolute atomic E-state index is 0.216. The van der Waals surface area contributed by atoms with Gasteiger partial charge in [-0.1, -0.05) is 64.6 Å². The molecule has 2 bridgehead atoms. The van der Waals surface area contributed by atoms with Crippen molar-refractivity contribution >= 4 is 24.0 Å². The van der Waals surface area contributed by atoms with E-state index in [0.29, 0.717) is 11.1 Å². The molecule has 3 saturated heterocycles. The normalized spacial score (nSPS) is 43.1. The molecule has 5 aliphatic rings. The van der Waals surface area contributed by atoms with E-state index in [0.717, 1.165) is 5.56 Å². The van der Waals surface area contributed by atoms with Gasteiger partial charge in [0.1, 0.15) is 23.9 Å². The molecule has 0 unspecified atom stereocenters. The molecule has 47 heavy (non-hydrogen) atoms. The van der Waals surface area contributed by atoms with Gasteiger partial charge in [0.05, 0.1) is 37.6 Å². The van der Waals surface area contributed by atoms with Gasteiger partial charge in [-0.05, 0) is 29.7 Å². The molecule has 0 radical (unpaired) electrons. The molecule has 2 aromatic rings. The van der Waals surface area contributed by atoms with Crippen molar-refractivity contribution < 1.29 is 52.7 Å². The van der Waals surface area contributed by atoms with Crippen LogP contribution in [0.2, 0.25) is 0 Å². The van der Waals surface area contributed by atoms with E-state index in [9.17, 15) is 24.6 Å². The van der Waals surface area contributed by atoms with Crippen molar-refractivity contribution in [2.24, 2.45) is 28.1 Å². The van der Waals surface area contributed by atoms with Gasteiger partial charge >= 0.3 is 17.9 Å². The lowest BCUT2D eigenvalue weighted by molar-refractivity contribution is -0.336. The molecule has 2 N–H and O–H groups in total.